The fourth-order valence-corrected chi connectivity index (χ4v) is 2.84. The lowest BCUT2D eigenvalue weighted by Crippen LogP contribution is -2.15. The first-order chi connectivity index (χ1) is 9.74. The maximum Gasteiger partial charge on any atom is 0.187 e. The summed E-state index contributed by atoms with van der Waals surface area (Å²) in [7, 11) is 0. The lowest BCUT2D eigenvalue weighted by Gasteiger charge is -2.05. The molecule has 0 aliphatic carbocycles. The fraction of sp³-hybridized carbons (Fsp3) is 0.375. The van der Waals surface area contributed by atoms with E-state index in [4.69, 9.17) is 0 Å². The molecule has 2 aromatic rings. The van der Waals surface area contributed by atoms with Gasteiger partial charge in [-0.25, -0.2) is 9.97 Å². The van der Waals surface area contributed by atoms with Gasteiger partial charge in [0.05, 0.1) is 0 Å². The van der Waals surface area contributed by atoms with Crippen molar-refractivity contribution in [3.05, 3.63) is 53.3 Å². The van der Waals surface area contributed by atoms with Gasteiger partial charge in [0, 0.05) is 23.7 Å². The molecule has 0 saturated heterocycles. The lowest BCUT2D eigenvalue weighted by molar-refractivity contribution is 0.678. The average molecular weight is 360 g/mol. The van der Waals surface area contributed by atoms with Crippen molar-refractivity contribution in [1.29, 1.82) is 0 Å². The van der Waals surface area contributed by atoms with Crippen LogP contribution in [0.15, 0.2) is 41.6 Å². The molecule has 0 aliphatic heterocycles. The second-order valence-electron chi connectivity index (χ2n) is 4.80. The van der Waals surface area contributed by atoms with E-state index in [9.17, 15) is 0 Å². The van der Waals surface area contributed by atoms with Gasteiger partial charge in [-0.1, -0.05) is 42.1 Å². The summed E-state index contributed by atoms with van der Waals surface area (Å²) in [5.74, 6) is 1.05. The van der Waals surface area contributed by atoms with Crippen LogP contribution in [0.1, 0.15) is 23.4 Å². The first kappa shape index (κ1) is 21.2. The van der Waals surface area contributed by atoms with Crippen LogP contribution >= 0.6 is 36.6 Å². The van der Waals surface area contributed by atoms with Crippen molar-refractivity contribution in [1.82, 2.24) is 15.3 Å². The Bertz CT molecular complexity index is 518. The number of rotatable bonds is 7. The van der Waals surface area contributed by atoms with E-state index in [2.05, 4.69) is 39.6 Å². The molecule has 0 fully saturated rings. The Balaban J connectivity index is 0.00000220. The SMILES string of the molecule is Cc1cc(C)nc(SCCCNCc2ccccc2)n1.Cl.Cl. The van der Waals surface area contributed by atoms with E-state index < -0.39 is 0 Å². The van der Waals surface area contributed by atoms with Gasteiger partial charge in [-0.2, -0.15) is 0 Å². The average Bonchev–Trinajstić information content (AvgIpc) is 2.43. The highest BCUT2D eigenvalue weighted by Gasteiger charge is 2.00. The molecule has 0 spiro atoms. The molecule has 1 N–H and O–H groups in total. The van der Waals surface area contributed by atoms with Crippen molar-refractivity contribution in [3.63, 3.8) is 0 Å². The first-order valence-electron chi connectivity index (χ1n) is 6.94. The molecule has 1 aromatic carbocycles. The van der Waals surface area contributed by atoms with E-state index in [-0.39, 0.29) is 24.8 Å². The van der Waals surface area contributed by atoms with Crippen molar-refractivity contribution in [2.45, 2.75) is 32.0 Å². The molecule has 0 aliphatic rings. The van der Waals surface area contributed by atoms with Gasteiger partial charge >= 0.3 is 0 Å². The molecule has 3 nitrogen and oxygen atoms in total. The fourth-order valence-electron chi connectivity index (χ4n) is 1.95. The van der Waals surface area contributed by atoms with E-state index in [0.29, 0.717) is 0 Å². The molecule has 0 radical (unpaired) electrons. The minimum atomic E-state index is 0. The highest BCUT2D eigenvalue weighted by Crippen LogP contribution is 2.14. The molecule has 0 bridgehead atoms. The van der Waals surface area contributed by atoms with Crippen molar-refractivity contribution in [3.8, 4) is 0 Å². The lowest BCUT2D eigenvalue weighted by atomic mass is 10.2. The van der Waals surface area contributed by atoms with E-state index in [0.717, 1.165) is 41.8 Å². The Labute approximate surface area is 149 Å². The third-order valence-corrected chi connectivity index (χ3v) is 3.80. The van der Waals surface area contributed by atoms with Gasteiger partial charge in [0.2, 0.25) is 0 Å². The normalized spacial score (nSPS) is 9.73. The third-order valence-electron chi connectivity index (χ3n) is 2.86. The Morgan fingerprint density at radius 3 is 2.27 bits per heavy atom. The van der Waals surface area contributed by atoms with Crippen LogP contribution < -0.4 is 5.32 Å². The Kier molecular flexibility index (Phi) is 11.3. The minimum Gasteiger partial charge on any atom is -0.313 e. The van der Waals surface area contributed by atoms with Crippen LogP contribution in [0.25, 0.3) is 0 Å². The summed E-state index contributed by atoms with van der Waals surface area (Å²) in [5.41, 5.74) is 3.42. The van der Waals surface area contributed by atoms with Crippen LogP contribution in [0.4, 0.5) is 0 Å². The highest BCUT2D eigenvalue weighted by atomic mass is 35.5. The number of halogens is 2. The zero-order chi connectivity index (χ0) is 14.2. The summed E-state index contributed by atoms with van der Waals surface area (Å²) in [6.07, 6.45) is 1.12. The van der Waals surface area contributed by atoms with Crippen LogP contribution in [0.2, 0.25) is 0 Å². The van der Waals surface area contributed by atoms with E-state index in [1.807, 2.05) is 26.0 Å². The minimum absolute atomic E-state index is 0. The molecule has 122 valence electrons. The van der Waals surface area contributed by atoms with Gasteiger partial charge in [-0.3, -0.25) is 0 Å². The predicted molar refractivity (Wildman–Crippen MR) is 99.5 cm³/mol. The van der Waals surface area contributed by atoms with E-state index >= 15 is 0 Å². The van der Waals surface area contributed by atoms with Crippen LogP contribution in [-0.4, -0.2) is 22.3 Å². The Hall–Kier alpha value is -0.810. The summed E-state index contributed by atoms with van der Waals surface area (Å²) >= 11 is 1.73. The second kappa shape index (κ2) is 11.7. The topological polar surface area (TPSA) is 37.8 Å². The van der Waals surface area contributed by atoms with Crippen LogP contribution in [0, 0.1) is 13.8 Å². The monoisotopic (exact) mass is 359 g/mol. The number of hydrogen-bond donors (Lipinski definition) is 1. The Morgan fingerprint density at radius 2 is 1.64 bits per heavy atom. The summed E-state index contributed by atoms with van der Waals surface area (Å²) in [6, 6.07) is 12.5. The van der Waals surface area contributed by atoms with Gasteiger partial charge in [0.25, 0.3) is 0 Å². The summed E-state index contributed by atoms with van der Waals surface area (Å²) < 4.78 is 0. The van der Waals surface area contributed by atoms with Gasteiger partial charge < -0.3 is 5.32 Å². The zero-order valence-electron chi connectivity index (χ0n) is 12.9. The number of aromatic nitrogens is 2. The second-order valence-corrected chi connectivity index (χ2v) is 5.86. The van der Waals surface area contributed by atoms with Gasteiger partial charge in [0.1, 0.15) is 0 Å². The molecule has 1 aromatic heterocycles. The molecule has 0 amide bonds. The summed E-state index contributed by atoms with van der Waals surface area (Å²) in [4.78, 5) is 8.86. The number of nitrogens with one attached hydrogen (secondary N) is 1. The predicted octanol–water partition coefficient (Wildman–Crippen LogP) is 4.21. The van der Waals surface area contributed by atoms with E-state index in [1.54, 1.807) is 11.8 Å². The number of nitrogens with zero attached hydrogens (tertiary/aromatic N) is 2. The van der Waals surface area contributed by atoms with Crippen molar-refractivity contribution in [2.24, 2.45) is 0 Å². The maximum absolute atomic E-state index is 4.43. The highest BCUT2D eigenvalue weighted by molar-refractivity contribution is 7.99. The van der Waals surface area contributed by atoms with Crippen LogP contribution in [-0.2, 0) is 6.54 Å². The van der Waals surface area contributed by atoms with Crippen LogP contribution in [0.3, 0.4) is 0 Å². The smallest absolute Gasteiger partial charge is 0.187 e. The van der Waals surface area contributed by atoms with Gasteiger partial charge in [-0.05, 0) is 38.4 Å². The number of aryl methyl sites for hydroxylation is 2. The van der Waals surface area contributed by atoms with Crippen molar-refractivity contribution >= 4 is 36.6 Å². The first-order valence-corrected chi connectivity index (χ1v) is 7.92. The largest absolute Gasteiger partial charge is 0.313 e. The molecule has 0 atom stereocenters. The standard InChI is InChI=1S/C16H21N3S.2ClH/c1-13-11-14(2)19-16(18-13)20-10-6-9-17-12-15-7-4-3-5-8-15;;/h3-5,7-8,11,17H,6,9-10,12H2,1-2H3;2*1H. The number of benzene rings is 1. The molecular weight excluding hydrogens is 337 g/mol. The number of hydrogen-bond acceptors (Lipinski definition) is 4. The third kappa shape index (κ3) is 7.99. The van der Waals surface area contributed by atoms with Crippen molar-refractivity contribution in [2.75, 3.05) is 12.3 Å². The molecule has 6 heteroatoms. The summed E-state index contributed by atoms with van der Waals surface area (Å²) in [5, 5.41) is 4.35. The molecule has 0 unspecified atom stereocenters. The zero-order valence-corrected chi connectivity index (χ0v) is 15.4. The quantitative estimate of drug-likeness (QED) is 0.456. The Morgan fingerprint density at radius 1 is 1.00 bits per heavy atom. The molecular formula is C16H23Cl2N3S. The van der Waals surface area contributed by atoms with Crippen molar-refractivity contribution < 1.29 is 0 Å². The van der Waals surface area contributed by atoms with Gasteiger partial charge in [0.15, 0.2) is 5.16 Å². The van der Waals surface area contributed by atoms with Crippen LogP contribution in [0.5, 0.6) is 0 Å². The molecule has 2 rings (SSSR count). The summed E-state index contributed by atoms with van der Waals surface area (Å²) in [6.45, 7) is 5.98. The van der Waals surface area contributed by atoms with E-state index in [1.165, 1.54) is 5.56 Å². The maximum atomic E-state index is 4.43. The molecule has 1 heterocycles. The number of thioether (sulfide) groups is 1. The molecule has 0 saturated carbocycles. The van der Waals surface area contributed by atoms with Gasteiger partial charge in [-0.15, -0.1) is 24.8 Å². The molecule has 22 heavy (non-hydrogen) atoms.